The van der Waals surface area contributed by atoms with Crippen molar-refractivity contribution in [3.8, 4) is 0 Å². The number of hydrogen-bond donors (Lipinski definition) is 3. The highest BCUT2D eigenvalue weighted by molar-refractivity contribution is 6.33. The first-order valence-electron chi connectivity index (χ1n) is 8.01. The van der Waals surface area contributed by atoms with E-state index in [-0.39, 0.29) is 5.91 Å². The molecule has 0 saturated carbocycles. The van der Waals surface area contributed by atoms with Gasteiger partial charge in [0.05, 0.1) is 10.7 Å². The highest BCUT2D eigenvalue weighted by atomic mass is 35.5. The first-order chi connectivity index (χ1) is 12.5. The van der Waals surface area contributed by atoms with E-state index in [0.717, 1.165) is 22.8 Å². The minimum absolute atomic E-state index is 0.108. The molecule has 3 aromatic rings. The van der Waals surface area contributed by atoms with Crippen LogP contribution in [0, 0.1) is 6.92 Å². The second kappa shape index (κ2) is 7.84. The number of carbonyl (C=O) groups excluding carboxylic acids is 1. The van der Waals surface area contributed by atoms with E-state index in [2.05, 4.69) is 25.9 Å². The minimum Gasteiger partial charge on any atom is -0.339 e. The monoisotopic (exact) mass is 367 g/mol. The third-order valence-electron chi connectivity index (χ3n) is 3.45. The van der Waals surface area contributed by atoms with E-state index in [1.54, 1.807) is 0 Å². The summed E-state index contributed by atoms with van der Waals surface area (Å²) in [6.07, 6.45) is 0. The highest BCUT2D eigenvalue weighted by Crippen LogP contribution is 2.25. The summed E-state index contributed by atoms with van der Waals surface area (Å²) in [5.74, 6) is 0.998. The van der Waals surface area contributed by atoms with E-state index in [1.165, 1.54) is 6.92 Å². The Morgan fingerprint density at radius 3 is 2.35 bits per heavy atom. The molecule has 0 aliphatic rings. The van der Waals surface area contributed by atoms with Crippen molar-refractivity contribution in [2.45, 2.75) is 13.8 Å². The third-order valence-corrected chi connectivity index (χ3v) is 3.78. The van der Waals surface area contributed by atoms with Crippen LogP contribution in [0.25, 0.3) is 0 Å². The highest BCUT2D eigenvalue weighted by Gasteiger charge is 2.06. The van der Waals surface area contributed by atoms with E-state index in [0.29, 0.717) is 16.8 Å². The van der Waals surface area contributed by atoms with Gasteiger partial charge in [0.25, 0.3) is 0 Å². The fraction of sp³-hybridized carbons (Fsp3) is 0.105. The second-order valence-electron chi connectivity index (χ2n) is 5.71. The lowest BCUT2D eigenvalue weighted by molar-refractivity contribution is -0.114. The van der Waals surface area contributed by atoms with Gasteiger partial charge in [-0.15, -0.1) is 0 Å². The predicted octanol–water partition coefficient (Wildman–Crippen LogP) is 4.88. The number of para-hydroxylation sites is 1. The summed E-state index contributed by atoms with van der Waals surface area (Å²) in [5.41, 5.74) is 3.13. The Bertz CT molecular complexity index is 927. The lowest BCUT2D eigenvalue weighted by Gasteiger charge is -2.11. The number of nitrogens with one attached hydrogen (secondary N) is 3. The molecule has 0 saturated heterocycles. The molecular weight excluding hydrogens is 350 g/mol. The molecule has 0 radical (unpaired) electrons. The van der Waals surface area contributed by atoms with Gasteiger partial charge in [0.2, 0.25) is 11.9 Å². The van der Waals surface area contributed by atoms with Crippen LogP contribution in [0.4, 0.5) is 28.8 Å². The molecule has 1 aromatic heterocycles. The maximum absolute atomic E-state index is 11.1. The Kier molecular flexibility index (Phi) is 5.34. The number of amides is 1. The SMILES string of the molecule is CC(=O)Nc1ccc(Nc2nc(C)cc(Nc3ccccc3Cl)n2)cc1. The van der Waals surface area contributed by atoms with Crippen molar-refractivity contribution in [2.75, 3.05) is 16.0 Å². The number of carbonyl (C=O) groups is 1. The van der Waals surface area contributed by atoms with Crippen LogP contribution < -0.4 is 16.0 Å². The van der Waals surface area contributed by atoms with Crippen LogP contribution in [-0.4, -0.2) is 15.9 Å². The zero-order valence-electron chi connectivity index (χ0n) is 14.4. The van der Waals surface area contributed by atoms with Gasteiger partial charge in [0.15, 0.2) is 0 Å². The molecule has 3 N–H and O–H groups in total. The lowest BCUT2D eigenvalue weighted by atomic mass is 10.3. The van der Waals surface area contributed by atoms with Gasteiger partial charge in [0.1, 0.15) is 5.82 Å². The minimum atomic E-state index is -0.108. The molecule has 7 heteroatoms. The Labute approximate surface area is 156 Å². The van der Waals surface area contributed by atoms with Gasteiger partial charge in [-0.05, 0) is 43.3 Å². The average Bonchev–Trinajstić information content (AvgIpc) is 2.58. The Morgan fingerprint density at radius 2 is 1.65 bits per heavy atom. The molecule has 0 spiro atoms. The van der Waals surface area contributed by atoms with Crippen LogP contribution in [0.3, 0.4) is 0 Å². The Morgan fingerprint density at radius 1 is 0.962 bits per heavy atom. The summed E-state index contributed by atoms with van der Waals surface area (Å²) in [5, 5.41) is 9.70. The topological polar surface area (TPSA) is 78.9 Å². The summed E-state index contributed by atoms with van der Waals surface area (Å²) in [6, 6.07) is 16.6. The van der Waals surface area contributed by atoms with Crippen molar-refractivity contribution in [1.29, 1.82) is 0 Å². The molecule has 1 amide bonds. The second-order valence-corrected chi connectivity index (χ2v) is 6.11. The van der Waals surface area contributed by atoms with Gasteiger partial charge in [-0.3, -0.25) is 4.79 Å². The van der Waals surface area contributed by atoms with Crippen LogP contribution in [0.2, 0.25) is 5.02 Å². The number of halogens is 1. The van der Waals surface area contributed by atoms with Crippen LogP contribution in [-0.2, 0) is 4.79 Å². The van der Waals surface area contributed by atoms with Crippen molar-refractivity contribution >= 4 is 46.3 Å². The zero-order valence-corrected chi connectivity index (χ0v) is 15.1. The molecule has 0 atom stereocenters. The average molecular weight is 368 g/mol. The first kappa shape index (κ1) is 17.7. The van der Waals surface area contributed by atoms with Crippen molar-refractivity contribution in [3.05, 3.63) is 65.3 Å². The number of anilines is 5. The first-order valence-corrected chi connectivity index (χ1v) is 8.39. The summed E-state index contributed by atoms with van der Waals surface area (Å²) in [6.45, 7) is 3.37. The van der Waals surface area contributed by atoms with E-state index in [9.17, 15) is 4.79 Å². The van der Waals surface area contributed by atoms with Crippen LogP contribution in [0.1, 0.15) is 12.6 Å². The van der Waals surface area contributed by atoms with E-state index >= 15 is 0 Å². The van der Waals surface area contributed by atoms with Gasteiger partial charge in [-0.25, -0.2) is 4.98 Å². The number of benzene rings is 2. The molecule has 0 aliphatic heterocycles. The molecule has 26 heavy (non-hydrogen) atoms. The van der Waals surface area contributed by atoms with Crippen molar-refractivity contribution in [2.24, 2.45) is 0 Å². The maximum atomic E-state index is 11.1. The molecule has 0 unspecified atom stereocenters. The molecular formula is C19H18ClN5O. The van der Waals surface area contributed by atoms with Crippen LogP contribution >= 0.6 is 11.6 Å². The largest absolute Gasteiger partial charge is 0.339 e. The molecule has 6 nitrogen and oxygen atoms in total. The van der Waals surface area contributed by atoms with Gasteiger partial charge < -0.3 is 16.0 Å². The number of rotatable bonds is 5. The molecule has 0 fully saturated rings. The van der Waals surface area contributed by atoms with Crippen LogP contribution in [0.15, 0.2) is 54.6 Å². The fourth-order valence-electron chi connectivity index (χ4n) is 2.36. The third kappa shape index (κ3) is 4.70. The van der Waals surface area contributed by atoms with E-state index < -0.39 is 0 Å². The van der Waals surface area contributed by atoms with Crippen LogP contribution in [0.5, 0.6) is 0 Å². The van der Waals surface area contributed by atoms with Gasteiger partial charge >= 0.3 is 0 Å². The predicted molar refractivity (Wildman–Crippen MR) is 106 cm³/mol. The zero-order chi connectivity index (χ0) is 18.5. The molecule has 3 rings (SSSR count). The number of hydrogen-bond acceptors (Lipinski definition) is 5. The van der Waals surface area contributed by atoms with E-state index in [1.807, 2.05) is 61.5 Å². The molecule has 2 aromatic carbocycles. The normalized spacial score (nSPS) is 10.3. The van der Waals surface area contributed by atoms with Crippen molar-refractivity contribution in [3.63, 3.8) is 0 Å². The fourth-order valence-corrected chi connectivity index (χ4v) is 2.54. The number of aromatic nitrogens is 2. The Hall–Kier alpha value is -3.12. The molecule has 132 valence electrons. The number of nitrogens with zero attached hydrogens (tertiary/aromatic N) is 2. The van der Waals surface area contributed by atoms with Crippen molar-refractivity contribution in [1.82, 2.24) is 9.97 Å². The quantitative estimate of drug-likeness (QED) is 0.598. The number of aryl methyl sites for hydroxylation is 1. The Balaban J connectivity index is 1.77. The lowest BCUT2D eigenvalue weighted by Crippen LogP contribution is -2.06. The van der Waals surface area contributed by atoms with Crippen molar-refractivity contribution < 1.29 is 4.79 Å². The smallest absolute Gasteiger partial charge is 0.229 e. The summed E-state index contributed by atoms with van der Waals surface area (Å²) in [4.78, 5) is 19.9. The molecule has 1 heterocycles. The van der Waals surface area contributed by atoms with Gasteiger partial charge in [-0.1, -0.05) is 23.7 Å². The molecule has 0 aliphatic carbocycles. The summed E-state index contributed by atoms with van der Waals surface area (Å²) >= 11 is 6.18. The maximum Gasteiger partial charge on any atom is 0.229 e. The summed E-state index contributed by atoms with van der Waals surface area (Å²) in [7, 11) is 0. The van der Waals surface area contributed by atoms with Gasteiger partial charge in [0, 0.05) is 30.1 Å². The van der Waals surface area contributed by atoms with Gasteiger partial charge in [-0.2, -0.15) is 4.98 Å². The molecule has 0 bridgehead atoms. The summed E-state index contributed by atoms with van der Waals surface area (Å²) < 4.78 is 0. The van der Waals surface area contributed by atoms with E-state index in [4.69, 9.17) is 11.6 Å². The standard InChI is InChI=1S/C19H18ClN5O/c1-12-11-18(24-17-6-4-3-5-16(17)20)25-19(21-12)23-15-9-7-14(8-10-15)22-13(2)26/h3-11H,1-2H3,(H,22,26)(H2,21,23,24,25).